The van der Waals surface area contributed by atoms with Gasteiger partial charge in [-0.2, -0.15) is 0 Å². The average molecular weight is 212 g/mol. The topological polar surface area (TPSA) is 37.3 Å². The van der Waals surface area contributed by atoms with Gasteiger partial charge in [0.15, 0.2) is 0 Å². The lowest BCUT2D eigenvalue weighted by atomic mass is 10.0. The van der Waals surface area contributed by atoms with Crippen LogP contribution < -0.4 is 0 Å². The van der Waals surface area contributed by atoms with Crippen LogP contribution in [0.5, 0.6) is 0 Å². The molecule has 0 radical (unpaired) electrons. The van der Waals surface area contributed by atoms with Crippen molar-refractivity contribution in [3.63, 3.8) is 0 Å². The second-order valence-corrected chi connectivity index (χ2v) is 4.39. The third kappa shape index (κ3) is 1.47. The van der Waals surface area contributed by atoms with Crippen LogP contribution in [0.15, 0.2) is 42.5 Å². The number of hydrogen-bond acceptors (Lipinski definition) is 1. The number of carbonyl (C=O) groups is 1. The molecule has 2 aromatic carbocycles. The minimum absolute atomic E-state index is 0.166. The van der Waals surface area contributed by atoms with Crippen LogP contribution in [-0.2, 0) is 4.79 Å². The summed E-state index contributed by atoms with van der Waals surface area (Å²) in [5.41, 5.74) is 1.16. The van der Waals surface area contributed by atoms with Gasteiger partial charge in [-0.25, -0.2) is 0 Å². The summed E-state index contributed by atoms with van der Waals surface area (Å²) in [5.74, 6) is -0.610. The summed E-state index contributed by atoms with van der Waals surface area (Å²) in [7, 11) is 0. The number of fused-ring (bicyclic) bond motifs is 1. The molecule has 1 aliphatic carbocycles. The van der Waals surface area contributed by atoms with E-state index in [-0.39, 0.29) is 11.8 Å². The van der Waals surface area contributed by atoms with Crippen molar-refractivity contribution < 1.29 is 9.90 Å². The predicted octanol–water partition coefficient (Wildman–Crippen LogP) is 3.03. The third-order valence-electron chi connectivity index (χ3n) is 3.31. The highest BCUT2D eigenvalue weighted by Gasteiger charge is 2.44. The molecule has 0 bridgehead atoms. The average Bonchev–Trinajstić information content (AvgIpc) is 3.08. The largest absolute Gasteiger partial charge is 0.481 e. The number of rotatable bonds is 2. The quantitative estimate of drug-likeness (QED) is 0.830. The first-order valence-electron chi connectivity index (χ1n) is 5.47. The highest BCUT2D eigenvalue weighted by atomic mass is 16.4. The molecule has 0 spiro atoms. The molecule has 0 unspecified atom stereocenters. The van der Waals surface area contributed by atoms with Crippen molar-refractivity contribution in [2.24, 2.45) is 5.92 Å². The fourth-order valence-corrected chi connectivity index (χ4v) is 2.27. The summed E-state index contributed by atoms with van der Waals surface area (Å²) in [6.45, 7) is 0. The van der Waals surface area contributed by atoms with Crippen LogP contribution in [-0.4, -0.2) is 11.1 Å². The van der Waals surface area contributed by atoms with E-state index in [9.17, 15) is 4.79 Å². The lowest BCUT2D eigenvalue weighted by molar-refractivity contribution is -0.138. The van der Waals surface area contributed by atoms with E-state index in [1.165, 1.54) is 10.8 Å². The molecule has 0 aromatic heterocycles. The van der Waals surface area contributed by atoms with Gasteiger partial charge < -0.3 is 5.11 Å². The van der Waals surface area contributed by atoms with E-state index in [2.05, 4.69) is 30.3 Å². The number of carboxylic acids is 1. The van der Waals surface area contributed by atoms with E-state index in [1.54, 1.807) is 0 Å². The zero-order chi connectivity index (χ0) is 11.1. The second kappa shape index (κ2) is 3.34. The first kappa shape index (κ1) is 9.40. The molecule has 2 atom stereocenters. The maximum Gasteiger partial charge on any atom is 0.307 e. The van der Waals surface area contributed by atoms with Crippen molar-refractivity contribution in [2.45, 2.75) is 12.3 Å². The second-order valence-electron chi connectivity index (χ2n) is 4.39. The van der Waals surface area contributed by atoms with Gasteiger partial charge >= 0.3 is 5.97 Å². The monoisotopic (exact) mass is 212 g/mol. The maximum absolute atomic E-state index is 10.8. The fourth-order valence-electron chi connectivity index (χ4n) is 2.27. The van der Waals surface area contributed by atoms with Crippen LogP contribution in [0, 0.1) is 5.92 Å². The Hall–Kier alpha value is -1.83. The van der Waals surface area contributed by atoms with Gasteiger partial charge in [-0.15, -0.1) is 0 Å². The van der Waals surface area contributed by atoms with Crippen LogP contribution in [0.3, 0.4) is 0 Å². The first-order chi connectivity index (χ1) is 7.75. The normalized spacial score (nSPS) is 23.2. The lowest BCUT2D eigenvalue weighted by Gasteiger charge is -2.02. The molecule has 1 fully saturated rings. The molecule has 2 aromatic rings. The molecule has 0 aliphatic heterocycles. The Labute approximate surface area is 93.5 Å². The Morgan fingerprint density at radius 1 is 1.12 bits per heavy atom. The van der Waals surface area contributed by atoms with Crippen LogP contribution in [0.2, 0.25) is 0 Å². The van der Waals surface area contributed by atoms with E-state index in [0.717, 1.165) is 12.0 Å². The Balaban J connectivity index is 1.98. The van der Waals surface area contributed by atoms with Crippen LogP contribution in [0.4, 0.5) is 0 Å². The number of benzene rings is 2. The van der Waals surface area contributed by atoms with Gasteiger partial charge in [0.2, 0.25) is 0 Å². The van der Waals surface area contributed by atoms with E-state index < -0.39 is 5.97 Å². The van der Waals surface area contributed by atoms with Gasteiger partial charge in [0.05, 0.1) is 5.92 Å². The smallest absolute Gasteiger partial charge is 0.307 e. The molecular weight excluding hydrogens is 200 g/mol. The van der Waals surface area contributed by atoms with E-state index in [1.807, 2.05) is 12.1 Å². The number of carboxylic acid groups (broad SMARTS) is 1. The summed E-state index contributed by atoms with van der Waals surface area (Å²) in [6, 6.07) is 14.4. The van der Waals surface area contributed by atoms with Crippen LogP contribution in [0.25, 0.3) is 10.8 Å². The van der Waals surface area contributed by atoms with Crippen molar-refractivity contribution in [1.82, 2.24) is 0 Å². The van der Waals surface area contributed by atoms with Gasteiger partial charge in [0, 0.05) is 0 Å². The van der Waals surface area contributed by atoms with E-state index in [4.69, 9.17) is 5.11 Å². The SMILES string of the molecule is O=C(O)[C@@H]1C[C@H]1c1ccc2ccccc2c1. The molecule has 0 saturated heterocycles. The number of aliphatic carboxylic acids is 1. The van der Waals surface area contributed by atoms with Gasteiger partial charge in [-0.05, 0) is 28.7 Å². The predicted molar refractivity (Wildman–Crippen MR) is 62.4 cm³/mol. The van der Waals surface area contributed by atoms with Crippen molar-refractivity contribution in [2.75, 3.05) is 0 Å². The van der Waals surface area contributed by atoms with Crippen LogP contribution >= 0.6 is 0 Å². The van der Waals surface area contributed by atoms with Gasteiger partial charge in [-0.3, -0.25) is 4.79 Å². The molecule has 1 N–H and O–H groups in total. The Morgan fingerprint density at radius 3 is 2.56 bits per heavy atom. The Kier molecular flexibility index (Phi) is 1.96. The summed E-state index contributed by atoms with van der Waals surface area (Å²) in [5, 5.41) is 11.3. The number of hydrogen-bond donors (Lipinski definition) is 1. The highest BCUT2D eigenvalue weighted by molar-refractivity contribution is 5.84. The zero-order valence-corrected chi connectivity index (χ0v) is 8.76. The van der Waals surface area contributed by atoms with Crippen LogP contribution in [0.1, 0.15) is 17.9 Å². The maximum atomic E-state index is 10.8. The Bertz CT molecular complexity index is 559. The summed E-state index contributed by atoms with van der Waals surface area (Å²) >= 11 is 0. The summed E-state index contributed by atoms with van der Waals surface area (Å²) < 4.78 is 0. The third-order valence-corrected chi connectivity index (χ3v) is 3.31. The fraction of sp³-hybridized carbons (Fsp3) is 0.214. The minimum Gasteiger partial charge on any atom is -0.481 e. The standard InChI is InChI=1S/C14H12O2/c15-14(16)13-8-12(13)11-6-5-9-3-1-2-4-10(9)7-11/h1-7,12-13H,8H2,(H,15,16)/t12-,13+/m0/s1. The Morgan fingerprint density at radius 2 is 1.88 bits per heavy atom. The molecule has 2 heteroatoms. The molecule has 2 nitrogen and oxygen atoms in total. The van der Waals surface area contributed by atoms with Crippen molar-refractivity contribution >= 4 is 16.7 Å². The highest BCUT2D eigenvalue weighted by Crippen LogP contribution is 2.47. The molecule has 0 amide bonds. The summed E-state index contributed by atoms with van der Waals surface area (Å²) in [6.07, 6.45) is 0.785. The molecule has 1 saturated carbocycles. The van der Waals surface area contributed by atoms with Crippen molar-refractivity contribution in [3.8, 4) is 0 Å². The summed E-state index contributed by atoms with van der Waals surface area (Å²) in [4.78, 5) is 10.8. The lowest BCUT2D eigenvalue weighted by Crippen LogP contribution is -1.98. The molecule has 3 rings (SSSR count). The molecule has 80 valence electrons. The van der Waals surface area contributed by atoms with Crippen molar-refractivity contribution in [1.29, 1.82) is 0 Å². The minimum atomic E-state index is -0.668. The van der Waals surface area contributed by atoms with Crippen molar-refractivity contribution in [3.05, 3.63) is 48.0 Å². The zero-order valence-electron chi connectivity index (χ0n) is 8.76. The molecule has 16 heavy (non-hydrogen) atoms. The molecular formula is C14H12O2. The molecule has 1 aliphatic rings. The van der Waals surface area contributed by atoms with Gasteiger partial charge in [-0.1, -0.05) is 42.5 Å². The van der Waals surface area contributed by atoms with Gasteiger partial charge in [0.25, 0.3) is 0 Å². The molecule has 0 heterocycles. The van der Waals surface area contributed by atoms with E-state index in [0.29, 0.717) is 0 Å². The van der Waals surface area contributed by atoms with Gasteiger partial charge in [0.1, 0.15) is 0 Å². The van der Waals surface area contributed by atoms with E-state index >= 15 is 0 Å². The first-order valence-corrected chi connectivity index (χ1v) is 5.47.